The first-order valence-corrected chi connectivity index (χ1v) is 7.71. The van der Waals surface area contributed by atoms with E-state index in [1.807, 2.05) is 0 Å². The molecule has 0 aliphatic heterocycles. The van der Waals surface area contributed by atoms with Gasteiger partial charge in [-0.25, -0.2) is 0 Å². The van der Waals surface area contributed by atoms with Gasteiger partial charge in [0.25, 0.3) is 5.91 Å². The Labute approximate surface area is 127 Å². The molecule has 0 fully saturated rings. The number of nitrogens with zero attached hydrogens (tertiary/aromatic N) is 1. The van der Waals surface area contributed by atoms with Crippen LogP contribution in [0.4, 0.5) is 0 Å². The molecule has 0 aliphatic rings. The first-order valence-electron chi connectivity index (χ1n) is 5.31. The minimum Gasteiger partial charge on any atom is -0.466 e. The predicted octanol–water partition coefficient (Wildman–Crippen LogP) is 3.30. The third-order valence-corrected chi connectivity index (χ3v) is 5.40. The summed E-state index contributed by atoms with van der Waals surface area (Å²) in [5, 5.41) is 0. The van der Waals surface area contributed by atoms with Crippen LogP contribution in [0.15, 0.2) is 14.3 Å². The summed E-state index contributed by atoms with van der Waals surface area (Å²) in [6.07, 6.45) is 0.212. The number of esters is 1. The average molecular weight is 399 g/mol. The van der Waals surface area contributed by atoms with Crippen molar-refractivity contribution in [3.63, 3.8) is 0 Å². The van der Waals surface area contributed by atoms with Gasteiger partial charge in [0, 0.05) is 18.1 Å². The predicted molar refractivity (Wildman–Crippen MR) is 77.9 cm³/mol. The second kappa shape index (κ2) is 7.25. The number of carbonyl (C=O) groups excluding carboxylic acids is 2. The van der Waals surface area contributed by atoms with Crippen molar-refractivity contribution < 1.29 is 14.3 Å². The molecule has 0 unspecified atom stereocenters. The molecule has 0 atom stereocenters. The van der Waals surface area contributed by atoms with Gasteiger partial charge >= 0.3 is 5.97 Å². The Hall–Kier alpha value is -0.400. The summed E-state index contributed by atoms with van der Waals surface area (Å²) in [5.41, 5.74) is 0. The number of rotatable bonds is 5. The van der Waals surface area contributed by atoms with E-state index in [0.717, 1.165) is 8.26 Å². The van der Waals surface area contributed by atoms with Gasteiger partial charge in [0.2, 0.25) is 0 Å². The third kappa shape index (κ3) is 4.37. The Bertz CT molecular complexity index is 428. The summed E-state index contributed by atoms with van der Waals surface area (Å²) in [4.78, 5) is 25.4. The minimum absolute atomic E-state index is 0.101. The molecule has 0 aromatic carbocycles. The fourth-order valence-electron chi connectivity index (χ4n) is 1.23. The zero-order valence-electron chi connectivity index (χ0n) is 10.0. The molecular weight excluding hydrogens is 386 g/mol. The van der Waals surface area contributed by atoms with Crippen LogP contribution in [0.1, 0.15) is 23.0 Å². The standard InChI is InChI=1S/C11H13Br2NO3S/c1-3-17-9(15)4-5-14(2)11(16)8-6-7(12)10(13)18-8/h6H,3-5H2,1-2H3. The van der Waals surface area contributed by atoms with E-state index in [9.17, 15) is 9.59 Å². The number of thiophene rings is 1. The van der Waals surface area contributed by atoms with E-state index in [1.165, 1.54) is 16.2 Å². The van der Waals surface area contributed by atoms with Crippen LogP contribution in [0, 0.1) is 0 Å². The quantitative estimate of drug-likeness (QED) is 0.715. The highest BCUT2D eigenvalue weighted by Crippen LogP contribution is 2.32. The third-order valence-electron chi connectivity index (χ3n) is 2.16. The van der Waals surface area contributed by atoms with E-state index in [4.69, 9.17) is 4.74 Å². The summed E-state index contributed by atoms with van der Waals surface area (Å²) in [6.45, 7) is 2.47. The van der Waals surface area contributed by atoms with Crippen molar-refractivity contribution >= 4 is 55.1 Å². The molecule has 0 saturated heterocycles. The Morgan fingerprint density at radius 1 is 1.44 bits per heavy atom. The van der Waals surface area contributed by atoms with Gasteiger partial charge < -0.3 is 9.64 Å². The highest BCUT2D eigenvalue weighted by Gasteiger charge is 2.17. The maximum atomic E-state index is 12.0. The van der Waals surface area contributed by atoms with Crippen LogP contribution in [0.5, 0.6) is 0 Å². The maximum Gasteiger partial charge on any atom is 0.307 e. The molecule has 0 radical (unpaired) electrons. The van der Waals surface area contributed by atoms with Gasteiger partial charge in [0.1, 0.15) is 0 Å². The molecule has 0 aliphatic carbocycles. The molecule has 1 heterocycles. The van der Waals surface area contributed by atoms with Crippen molar-refractivity contribution in [2.75, 3.05) is 20.2 Å². The molecular formula is C11H13Br2NO3S. The lowest BCUT2D eigenvalue weighted by Gasteiger charge is -2.15. The van der Waals surface area contributed by atoms with Gasteiger partial charge in [-0.05, 0) is 44.8 Å². The highest BCUT2D eigenvalue weighted by molar-refractivity contribution is 9.13. The monoisotopic (exact) mass is 397 g/mol. The van der Waals surface area contributed by atoms with E-state index in [-0.39, 0.29) is 18.3 Å². The molecule has 0 spiro atoms. The number of ether oxygens (including phenoxy) is 1. The van der Waals surface area contributed by atoms with Crippen LogP contribution >= 0.6 is 43.2 Å². The SMILES string of the molecule is CCOC(=O)CCN(C)C(=O)c1cc(Br)c(Br)s1. The zero-order chi connectivity index (χ0) is 13.7. The zero-order valence-corrected chi connectivity index (χ0v) is 14.0. The Morgan fingerprint density at radius 3 is 2.61 bits per heavy atom. The van der Waals surface area contributed by atoms with Gasteiger partial charge in [-0.2, -0.15) is 0 Å². The van der Waals surface area contributed by atoms with Crippen molar-refractivity contribution in [3.8, 4) is 0 Å². The van der Waals surface area contributed by atoms with Crippen molar-refractivity contribution in [1.82, 2.24) is 4.90 Å². The van der Waals surface area contributed by atoms with Crippen LogP contribution in [0.2, 0.25) is 0 Å². The fraction of sp³-hybridized carbons (Fsp3) is 0.455. The fourth-order valence-corrected chi connectivity index (χ4v) is 3.26. The lowest BCUT2D eigenvalue weighted by molar-refractivity contribution is -0.143. The molecule has 1 amide bonds. The van der Waals surface area contributed by atoms with Crippen LogP contribution in [0.25, 0.3) is 0 Å². The lowest BCUT2D eigenvalue weighted by atomic mass is 10.3. The Morgan fingerprint density at radius 2 is 2.11 bits per heavy atom. The van der Waals surface area contributed by atoms with E-state index in [1.54, 1.807) is 20.0 Å². The van der Waals surface area contributed by atoms with E-state index >= 15 is 0 Å². The summed E-state index contributed by atoms with van der Waals surface area (Å²) >= 11 is 8.04. The lowest BCUT2D eigenvalue weighted by Crippen LogP contribution is -2.28. The highest BCUT2D eigenvalue weighted by atomic mass is 79.9. The minimum atomic E-state index is -0.286. The first kappa shape index (κ1) is 15.7. The Balaban J connectivity index is 2.54. The van der Waals surface area contributed by atoms with Gasteiger partial charge in [0.05, 0.1) is 21.7 Å². The van der Waals surface area contributed by atoms with Gasteiger partial charge in [-0.3, -0.25) is 9.59 Å². The second-order valence-electron chi connectivity index (χ2n) is 3.51. The molecule has 1 rings (SSSR count). The molecule has 7 heteroatoms. The van der Waals surface area contributed by atoms with Crippen LogP contribution < -0.4 is 0 Å². The van der Waals surface area contributed by atoms with Crippen molar-refractivity contribution in [2.45, 2.75) is 13.3 Å². The largest absolute Gasteiger partial charge is 0.466 e. The molecule has 100 valence electrons. The molecule has 0 N–H and O–H groups in total. The Kier molecular flexibility index (Phi) is 6.31. The molecule has 1 aromatic heterocycles. The van der Waals surface area contributed by atoms with Crippen molar-refractivity contribution in [1.29, 1.82) is 0 Å². The van der Waals surface area contributed by atoms with E-state index in [0.29, 0.717) is 18.0 Å². The molecule has 0 bridgehead atoms. The van der Waals surface area contributed by atoms with E-state index in [2.05, 4.69) is 31.9 Å². The molecule has 18 heavy (non-hydrogen) atoms. The average Bonchev–Trinajstić information content (AvgIpc) is 2.66. The van der Waals surface area contributed by atoms with Crippen LogP contribution in [0.3, 0.4) is 0 Å². The maximum absolute atomic E-state index is 12.0. The van der Waals surface area contributed by atoms with Crippen molar-refractivity contribution in [2.24, 2.45) is 0 Å². The topological polar surface area (TPSA) is 46.6 Å². The summed E-state index contributed by atoms with van der Waals surface area (Å²) in [5.74, 6) is -0.388. The molecule has 4 nitrogen and oxygen atoms in total. The van der Waals surface area contributed by atoms with Crippen LogP contribution in [-0.4, -0.2) is 37.0 Å². The van der Waals surface area contributed by atoms with Crippen LogP contribution in [-0.2, 0) is 9.53 Å². The van der Waals surface area contributed by atoms with Crippen molar-refractivity contribution in [3.05, 3.63) is 19.2 Å². The normalized spacial score (nSPS) is 10.2. The first-order chi connectivity index (χ1) is 8.45. The second-order valence-corrected chi connectivity index (χ2v) is 6.74. The molecule has 0 saturated carbocycles. The number of halogens is 2. The van der Waals surface area contributed by atoms with Gasteiger partial charge in [0.15, 0.2) is 0 Å². The van der Waals surface area contributed by atoms with Gasteiger partial charge in [-0.15, -0.1) is 11.3 Å². The van der Waals surface area contributed by atoms with Gasteiger partial charge in [-0.1, -0.05) is 0 Å². The number of carbonyl (C=O) groups is 2. The summed E-state index contributed by atoms with van der Waals surface area (Å²) in [6, 6.07) is 1.76. The molecule has 1 aromatic rings. The summed E-state index contributed by atoms with van der Waals surface area (Å²) in [7, 11) is 1.67. The number of hydrogen-bond acceptors (Lipinski definition) is 4. The van der Waals surface area contributed by atoms with E-state index < -0.39 is 0 Å². The number of hydrogen-bond donors (Lipinski definition) is 0. The smallest absolute Gasteiger partial charge is 0.307 e. The summed E-state index contributed by atoms with van der Waals surface area (Å²) < 4.78 is 6.55. The number of amides is 1.